The number of carboxylic acid groups (broad SMARTS) is 1. The second kappa shape index (κ2) is 3.40. The molecule has 1 aromatic carbocycles. The molecule has 4 heteroatoms. The first-order valence-electron chi connectivity index (χ1n) is 6.42. The number of carbonyl (C=O) groups is 1. The van der Waals surface area contributed by atoms with Crippen molar-refractivity contribution in [1.29, 1.82) is 0 Å². The van der Waals surface area contributed by atoms with Gasteiger partial charge in [0.05, 0.1) is 19.1 Å². The lowest BCUT2D eigenvalue weighted by Gasteiger charge is -2.12. The first-order valence-corrected chi connectivity index (χ1v) is 6.42. The van der Waals surface area contributed by atoms with E-state index in [0.29, 0.717) is 13.2 Å². The zero-order chi connectivity index (χ0) is 12.3. The predicted molar refractivity (Wildman–Crippen MR) is 63.3 cm³/mol. The zero-order valence-corrected chi connectivity index (χ0v) is 9.94. The van der Waals surface area contributed by atoms with Crippen molar-refractivity contribution in [3.05, 3.63) is 22.8 Å². The van der Waals surface area contributed by atoms with Gasteiger partial charge in [-0.2, -0.15) is 0 Å². The molecule has 4 rings (SSSR count). The third-order valence-corrected chi connectivity index (χ3v) is 4.17. The highest BCUT2D eigenvalue weighted by molar-refractivity contribution is 5.76. The van der Waals surface area contributed by atoms with Crippen molar-refractivity contribution in [3.8, 4) is 11.5 Å². The molecule has 1 N–H and O–H groups in total. The van der Waals surface area contributed by atoms with Crippen LogP contribution in [-0.4, -0.2) is 24.3 Å². The average molecular weight is 246 g/mol. The van der Waals surface area contributed by atoms with Crippen molar-refractivity contribution in [2.75, 3.05) is 13.2 Å². The van der Waals surface area contributed by atoms with Gasteiger partial charge in [0.1, 0.15) is 11.5 Å². The van der Waals surface area contributed by atoms with Crippen molar-refractivity contribution in [2.45, 2.75) is 25.2 Å². The Morgan fingerprint density at radius 3 is 2.89 bits per heavy atom. The molecule has 0 saturated heterocycles. The third-order valence-electron chi connectivity index (χ3n) is 4.17. The molecule has 0 spiro atoms. The van der Waals surface area contributed by atoms with Crippen molar-refractivity contribution < 1.29 is 19.4 Å². The molecule has 2 unspecified atom stereocenters. The number of carboxylic acids is 1. The van der Waals surface area contributed by atoms with Gasteiger partial charge in [0.25, 0.3) is 0 Å². The van der Waals surface area contributed by atoms with E-state index < -0.39 is 5.97 Å². The summed E-state index contributed by atoms with van der Waals surface area (Å²) in [5.74, 6) is 1.11. The minimum absolute atomic E-state index is 0.131. The largest absolute Gasteiger partial charge is 0.493 e. The molecular formula is C14H14O4. The van der Waals surface area contributed by atoms with E-state index >= 15 is 0 Å². The minimum Gasteiger partial charge on any atom is -0.493 e. The number of fused-ring (bicyclic) bond motifs is 2. The lowest BCUT2D eigenvalue weighted by Crippen LogP contribution is -2.02. The minimum atomic E-state index is -0.691. The molecule has 0 amide bonds. The van der Waals surface area contributed by atoms with Crippen LogP contribution in [0.2, 0.25) is 0 Å². The van der Waals surface area contributed by atoms with Crippen molar-refractivity contribution >= 4 is 5.97 Å². The number of benzene rings is 1. The Hall–Kier alpha value is -1.71. The van der Waals surface area contributed by atoms with E-state index in [1.165, 1.54) is 11.1 Å². The van der Waals surface area contributed by atoms with Crippen LogP contribution >= 0.6 is 0 Å². The molecule has 0 aromatic heterocycles. The number of aliphatic carboxylic acids is 1. The fourth-order valence-electron chi connectivity index (χ4n) is 3.20. The van der Waals surface area contributed by atoms with Crippen LogP contribution in [-0.2, 0) is 17.6 Å². The lowest BCUT2D eigenvalue weighted by atomic mass is 9.95. The van der Waals surface area contributed by atoms with E-state index in [1.807, 2.05) is 0 Å². The van der Waals surface area contributed by atoms with Gasteiger partial charge in [-0.3, -0.25) is 4.79 Å². The summed E-state index contributed by atoms with van der Waals surface area (Å²) in [7, 11) is 0. The molecular weight excluding hydrogens is 232 g/mol. The Balaban J connectivity index is 1.84. The van der Waals surface area contributed by atoms with Crippen LogP contribution in [0.15, 0.2) is 6.07 Å². The molecule has 4 nitrogen and oxygen atoms in total. The van der Waals surface area contributed by atoms with Gasteiger partial charge in [-0.05, 0) is 12.5 Å². The van der Waals surface area contributed by atoms with E-state index in [1.54, 1.807) is 0 Å². The van der Waals surface area contributed by atoms with Gasteiger partial charge < -0.3 is 14.6 Å². The van der Waals surface area contributed by atoms with E-state index in [2.05, 4.69) is 6.07 Å². The van der Waals surface area contributed by atoms with Gasteiger partial charge in [-0.25, -0.2) is 0 Å². The Labute approximate surface area is 105 Å². The first kappa shape index (κ1) is 10.2. The Bertz CT molecular complexity index is 517. The van der Waals surface area contributed by atoms with E-state index in [4.69, 9.17) is 14.6 Å². The fourth-order valence-corrected chi connectivity index (χ4v) is 3.20. The molecule has 18 heavy (non-hydrogen) atoms. The molecule has 1 aliphatic carbocycles. The van der Waals surface area contributed by atoms with Gasteiger partial charge in [0, 0.05) is 35.4 Å². The summed E-state index contributed by atoms with van der Waals surface area (Å²) in [6.07, 6.45) is 2.52. The molecule has 1 saturated carbocycles. The predicted octanol–water partition coefficient (Wildman–Crippen LogP) is 1.74. The quantitative estimate of drug-likeness (QED) is 0.863. The molecule has 0 radical (unpaired) electrons. The van der Waals surface area contributed by atoms with E-state index in [-0.39, 0.29) is 11.8 Å². The van der Waals surface area contributed by atoms with Crippen LogP contribution in [0.3, 0.4) is 0 Å². The Morgan fingerprint density at radius 1 is 1.28 bits per heavy atom. The second-order valence-corrected chi connectivity index (χ2v) is 5.24. The Kier molecular flexibility index (Phi) is 1.93. The van der Waals surface area contributed by atoms with Gasteiger partial charge in [-0.15, -0.1) is 0 Å². The van der Waals surface area contributed by atoms with Crippen LogP contribution in [0.1, 0.15) is 29.0 Å². The average Bonchev–Trinajstić information content (AvgIpc) is 2.78. The van der Waals surface area contributed by atoms with Crippen molar-refractivity contribution in [1.82, 2.24) is 0 Å². The molecule has 0 bridgehead atoms. The number of hydrogen-bond acceptors (Lipinski definition) is 3. The topological polar surface area (TPSA) is 55.8 Å². The summed E-state index contributed by atoms with van der Waals surface area (Å²) in [5.41, 5.74) is 3.50. The van der Waals surface area contributed by atoms with E-state index in [0.717, 1.165) is 36.3 Å². The summed E-state index contributed by atoms with van der Waals surface area (Å²) in [4.78, 5) is 11.1. The van der Waals surface area contributed by atoms with Gasteiger partial charge in [-0.1, -0.05) is 0 Å². The Morgan fingerprint density at radius 2 is 2.11 bits per heavy atom. The highest BCUT2D eigenvalue weighted by Gasteiger charge is 2.48. The maximum atomic E-state index is 11.1. The summed E-state index contributed by atoms with van der Waals surface area (Å²) in [5, 5.41) is 9.11. The molecule has 3 aliphatic rings. The zero-order valence-electron chi connectivity index (χ0n) is 9.94. The van der Waals surface area contributed by atoms with Crippen LogP contribution in [0.25, 0.3) is 0 Å². The van der Waals surface area contributed by atoms with Crippen molar-refractivity contribution in [3.63, 3.8) is 0 Å². The van der Waals surface area contributed by atoms with Gasteiger partial charge >= 0.3 is 5.97 Å². The monoisotopic (exact) mass is 246 g/mol. The number of rotatable bonds is 2. The highest BCUT2D eigenvalue weighted by Crippen LogP contribution is 2.55. The molecule has 2 heterocycles. The lowest BCUT2D eigenvalue weighted by molar-refractivity contribution is -0.138. The summed E-state index contributed by atoms with van der Waals surface area (Å²) in [6, 6.07) is 2.08. The highest BCUT2D eigenvalue weighted by atomic mass is 16.5. The van der Waals surface area contributed by atoms with Gasteiger partial charge in [0.2, 0.25) is 0 Å². The fraction of sp³-hybridized carbons (Fsp3) is 0.500. The maximum Gasteiger partial charge on any atom is 0.307 e. The second-order valence-electron chi connectivity index (χ2n) is 5.24. The van der Waals surface area contributed by atoms with E-state index in [9.17, 15) is 4.79 Å². The molecule has 2 atom stereocenters. The van der Waals surface area contributed by atoms with Crippen LogP contribution in [0.5, 0.6) is 11.5 Å². The third kappa shape index (κ3) is 1.29. The summed E-state index contributed by atoms with van der Waals surface area (Å²) in [6.45, 7) is 1.41. The number of ether oxygens (including phenoxy) is 2. The molecule has 1 fully saturated rings. The normalized spacial score (nSPS) is 27.1. The van der Waals surface area contributed by atoms with Gasteiger partial charge in [0.15, 0.2) is 0 Å². The molecule has 1 aromatic rings. The molecule has 2 aliphatic heterocycles. The number of hydrogen-bond donors (Lipinski definition) is 1. The maximum absolute atomic E-state index is 11.1. The first-order chi connectivity index (χ1) is 8.75. The summed E-state index contributed by atoms with van der Waals surface area (Å²) < 4.78 is 11.4. The summed E-state index contributed by atoms with van der Waals surface area (Å²) >= 11 is 0. The standard InChI is InChI=1S/C14H14O4/c15-14(16)10-6-9(10)12-8-2-4-17-11(8)5-7-1-3-18-13(7)12/h5,9-10H,1-4,6H2,(H,15,16). The van der Waals surface area contributed by atoms with Crippen LogP contribution in [0.4, 0.5) is 0 Å². The van der Waals surface area contributed by atoms with Crippen LogP contribution in [0, 0.1) is 5.92 Å². The smallest absolute Gasteiger partial charge is 0.307 e. The SMILES string of the molecule is O=C(O)C1CC1c1c2c(cc3c1OCC3)OCC2. The van der Waals surface area contributed by atoms with Crippen LogP contribution < -0.4 is 9.47 Å². The van der Waals surface area contributed by atoms with Crippen molar-refractivity contribution in [2.24, 2.45) is 5.92 Å². The molecule has 94 valence electrons.